The van der Waals surface area contributed by atoms with E-state index in [-0.39, 0.29) is 29.5 Å². The van der Waals surface area contributed by atoms with Gasteiger partial charge in [0.2, 0.25) is 0 Å². The second-order valence-electron chi connectivity index (χ2n) is 8.70. The first-order chi connectivity index (χ1) is 12.3. The number of carboxylic acid groups (broad SMARTS) is 1. The van der Waals surface area contributed by atoms with E-state index >= 15 is 0 Å². The molecule has 0 aromatic heterocycles. The Morgan fingerprint density at radius 1 is 1.15 bits per heavy atom. The fraction of sp³-hybridized carbons (Fsp3) is 0.818. The average molecular weight is 367 g/mol. The van der Waals surface area contributed by atoms with E-state index in [1.165, 1.54) is 19.3 Å². The van der Waals surface area contributed by atoms with Gasteiger partial charge in [0.1, 0.15) is 0 Å². The topological polar surface area (TPSA) is 74.6 Å². The van der Waals surface area contributed by atoms with Crippen LogP contribution in [0, 0.1) is 17.3 Å². The number of carbonyl (C=O) groups is 2. The highest BCUT2D eigenvalue weighted by molar-refractivity contribution is 5.94. The van der Waals surface area contributed by atoms with E-state index in [1.807, 2.05) is 19.9 Å². The van der Waals surface area contributed by atoms with Gasteiger partial charge in [0.15, 0.2) is 5.78 Å². The lowest BCUT2D eigenvalue weighted by Gasteiger charge is -2.25. The van der Waals surface area contributed by atoms with Crippen LogP contribution >= 0.6 is 0 Å². The zero-order valence-electron chi connectivity index (χ0n) is 16.9. The largest absolute Gasteiger partial charge is 0.481 e. The molecule has 0 aromatic rings. The third-order valence-electron chi connectivity index (χ3n) is 5.61. The van der Waals surface area contributed by atoms with Crippen LogP contribution in [0.2, 0.25) is 0 Å². The van der Waals surface area contributed by atoms with Crippen molar-refractivity contribution in [2.75, 3.05) is 0 Å². The number of carbonyl (C=O) groups excluding carboxylic acids is 1. The van der Waals surface area contributed by atoms with Crippen molar-refractivity contribution in [3.05, 3.63) is 12.2 Å². The number of ketones is 1. The SMILES string of the molecule is CCCCCCCC(O)C1C=CC(=O)C1CCCCC(C)(C)CC(=O)O. The molecule has 150 valence electrons. The van der Waals surface area contributed by atoms with Gasteiger partial charge >= 0.3 is 5.97 Å². The first kappa shape index (κ1) is 22.9. The first-order valence-electron chi connectivity index (χ1n) is 10.4. The van der Waals surface area contributed by atoms with Gasteiger partial charge in [0.05, 0.1) is 12.5 Å². The van der Waals surface area contributed by atoms with E-state index in [4.69, 9.17) is 5.11 Å². The molecule has 0 saturated carbocycles. The Kier molecular flexibility index (Phi) is 10.1. The summed E-state index contributed by atoms with van der Waals surface area (Å²) in [6.45, 7) is 6.15. The van der Waals surface area contributed by atoms with Crippen LogP contribution in [0.1, 0.15) is 91.4 Å². The van der Waals surface area contributed by atoms with Gasteiger partial charge in [-0.05, 0) is 30.8 Å². The molecule has 3 unspecified atom stereocenters. The molecule has 0 aliphatic heterocycles. The molecule has 0 radical (unpaired) electrons. The molecule has 0 bridgehead atoms. The number of aliphatic carboxylic acids is 1. The lowest BCUT2D eigenvalue weighted by Crippen LogP contribution is -2.27. The van der Waals surface area contributed by atoms with E-state index in [9.17, 15) is 14.7 Å². The maximum atomic E-state index is 12.2. The smallest absolute Gasteiger partial charge is 0.303 e. The number of unbranched alkanes of at least 4 members (excludes halogenated alkanes) is 5. The molecule has 0 aromatic carbocycles. The molecule has 0 heterocycles. The van der Waals surface area contributed by atoms with Gasteiger partial charge < -0.3 is 10.2 Å². The predicted octanol–water partition coefficient (Wildman–Crippen LogP) is 5.14. The van der Waals surface area contributed by atoms with Gasteiger partial charge in [-0.15, -0.1) is 0 Å². The Hall–Kier alpha value is -1.16. The Morgan fingerprint density at radius 2 is 1.85 bits per heavy atom. The highest BCUT2D eigenvalue weighted by atomic mass is 16.4. The Balaban J connectivity index is 2.35. The second kappa shape index (κ2) is 11.5. The second-order valence-corrected chi connectivity index (χ2v) is 8.70. The third kappa shape index (κ3) is 8.48. The molecular weight excluding hydrogens is 328 g/mol. The zero-order chi connectivity index (χ0) is 19.6. The molecule has 4 heteroatoms. The molecule has 1 rings (SSSR count). The van der Waals surface area contributed by atoms with Gasteiger partial charge in [0, 0.05) is 11.8 Å². The van der Waals surface area contributed by atoms with E-state index in [0.29, 0.717) is 0 Å². The summed E-state index contributed by atoms with van der Waals surface area (Å²) in [6.07, 6.45) is 13.4. The number of allylic oxidation sites excluding steroid dienone is 1. The van der Waals surface area contributed by atoms with Crippen molar-refractivity contribution in [3.63, 3.8) is 0 Å². The van der Waals surface area contributed by atoms with Crippen molar-refractivity contribution in [1.82, 2.24) is 0 Å². The minimum absolute atomic E-state index is 0.0410. The molecule has 3 atom stereocenters. The fourth-order valence-electron chi connectivity index (χ4n) is 4.00. The van der Waals surface area contributed by atoms with E-state index < -0.39 is 12.1 Å². The summed E-state index contributed by atoms with van der Waals surface area (Å²) < 4.78 is 0. The molecule has 2 N–H and O–H groups in total. The van der Waals surface area contributed by atoms with Crippen LogP contribution in [0.5, 0.6) is 0 Å². The molecule has 1 aliphatic rings. The lowest BCUT2D eigenvalue weighted by molar-refractivity contribution is -0.139. The van der Waals surface area contributed by atoms with Crippen LogP contribution in [-0.2, 0) is 9.59 Å². The summed E-state index contributed by atoms with van der Waals surface area (Å²) in [5.41, 5.74) is -0.207. The summed E-state index contributed by atoms with van der Waals surface area (Å²) in [5.74, 6) is -0.749. The minimum atomic E-state index is -0.757. The summed E-state index contributed by atoms with van der Waals surface area (Å²) in [7, 11) is 0. The Labute approximate surface area is 159 Å². The van der Waals surface area contributed by atoms with E-state index in [0.717, 1.165) is 44.9 Å². The minimum Gasteiger partial charge on any atom is -0.481 e. The molecule has 0 spiro atoms. The van der Waals surface area contributed by atoms with Crippen LogP contribution in [0.15, 0.2) is 12.2 Å². The van der Waals surface area contributed by atoms with Crippen LogP contribution < -0.4 is 0 Å². The Bertz CT molecular complexity index is 467. The van der Waals surface area contributed by atoms with Crippen LogP contribution in [0.25, 0.3) is 0 Å². The number of rotatable bonds is 14. The normalized spacial score (nSPS) is 21.3. The first-order valence-corrected chi connectivity index (χ1v) is 10.4. The summed E-state index contributed by atoms with van der Waals surface area (Å²) >= 11 is 0. The van der Waals surface area contributed by atoms with Gasteiger partial charge in [-0.3, -0.25) is 9.59 Å². The van der Waals surface area contributed by atoms with E-state index in [1.54, 1.807) is 6.08 Å². The number of carboxylic acids is 1. The third-order valence-corrected chi connectivity index (χ3v) is 5.61. The molecule has 0 amide bonds. The number of aliphatic hydroxyl groups excluding tert-OH is 1. The van der Waals surface area contributed by atoms with Gasteiger partial charge in [-0.1, -0.05) is 71.8 Å². The molecule has 1 aliphatic carbocycles. The van der Waals surface area contributed by atoms with Crippen molar-refractivity contribution < 1.29 is 19.8 Å². The highest BCUT2D eigenvalue weighted by Gasteiger charge is 2.34. The van der Waals surface area contributed by atoms with Gasteiger partial charge in [-0.2, -0.15) is 0 Å². The van der Waals surface area contributed by atoms with Crippen molar-refractivity contribution in [1.29, 1.82) is 0 Å². The van der Waals surface area contributed by atoms with Crippen LogP contribution in [-0.4, -0.2) is 28.1 Å². The summed E-state index contributed by atoms with van der Waals surface area (Å²) in [6, 6.07) is 0. The Morgan fingerprint density at radius 3 is 2.50 bits per heavy atom. The van der Waals surface area contributed by atoms with Crippen molar-refractivity contribution in [2.24, 2.45) is 17.3 Å². The average Bonchev–Trinajstić information content (AvgIpc) is 2.91. The number of hydrogen-bond acceptors (Lipinski definition) is 3. The number of aliphatic hydroxyl groups is 1. The zero-order valence-corrected chi connectivity index (χ0v) is 16.9. The maximum Gasteiger partial charge on any atom is 0.303 e. The molecule has 4 nitrogen and oxygen atoms in total. The van der Waals surface area contributed by atoms with Crippen LogP contribution in [0.4, 0.5) is 0 Å². The van der Waals surface area contributed by atoms with Crippen LogP contribution in [0.3, 0.4) is 0 Å². The molecule has 0 fully saturated rings. The molecule has 0 saturated heterocycles. The highest BCUT2D eigenvalue weighted by Crippen LogP contribution is 2.33. The monoisotopic (exact) mass is 366 g/mol. The maximum absolute atomic E-state index is 12.2. The quantitative estimate of drug-likeness (QED) is 0.417. The van der Waals surface area contributed by atoms with Gasteiger partial charge in [0.25, 0.3) is 0 Å². The lowest BCUT2D eigenvalue weighted by atomic mass is 9.81. The van der Waals surface area contributed by atoms with Crippen molar-refractivity contribution in [2.45, 2.75) is 97.5 Å². The summed E-state index contributed by atoms with van der Waals surface area (Å²) in [4.78, 5) is 23.0. The predicted molar refractivity (Wildman–Crippen MR) is 105 cm³/mol. The standard InChI is InChI=1S/C22H38O4/c1-4-5-6-7-8-12-19(23)18-13-14-20(24)17(18)11-9-10-15-22(2,3)16-21(25)26/h13-14,17-19,23H,4-12,15-16H2,1-3H3,(H,25,26). The number of hydrogen-bond donors (Lipinski definition) is 2. The van der Waals surface area contributed by atoms with E-state index in [2.05, 4.69) is 6.92 Å². The van der Waals surface area contributed by atoms with Gasteiger partial charge in [-0.25, -0.2) is 0 Å². The molecular formula is C22H38O4. The van der Waals surface area contributed by atoms with Crippen molar-refractivity contribution in [3.8, 4) is 0 Å². The van der Waals surface area contributed by atoms with Crippen molar-refractivity contribution >= 4 is 11.8 Å². The fourth-order valence-corrected chi connectivity index (χ4v) is 4.00. The molecule has 26 heavy (non-hydrogen) atoms. The summed E-state index contributed by atoms with van der Waals surface area (Å²) in [5, 5.41) is 19.5.